The molecule has 0 aliphatic carbocycles. The highest BCUT2D eigenvalue weighted by Gasteiger charge is 2.39. The Kier molecular flexibility index (Phi) is 6.82. The number of amides is 1. The van der Waals surface area contributed by atoms with E-state index in [9.17, 15) is 4.79 Å². The minimum Gasteiger partial charge on any atom is -0.368 e. The third-order valence-electron chi connectivity index (χ3n) is 4.40. The van der Waals surface area contributed by atoms with Crippen LogP contribution in [0.3, 0.4) is 0 Å². The third-order valence-corrected chi connectivity index (χ3v) is 4.40. The lowest BCUT2D eigenvalue weighted by Gasteiger charge is -2.34. The Morgan fingerprint density at radius 1 is 1.00 bits per heavy atom. The fraction of sp³-hybridized carbons (Fsp3) is 0.316. The van der Waals surface area contributed by atoms with Crippen LogP contribution in [0.1, 0.15) is 12.8 Å². The molecule has 0 radical (unpaired) electrons. The number of carbonyl (C=O) groups is 1. The van der Waals surface area contributed by atoms with E-state index in [2.05, 4.69) is 16.0 Å². The molecule has 1 saturated heterocycles. The Morgan fingerprint density at radius 2 is 1.64 bits per heavy atom. The van der Waals surface area contributed by atoms with Crippen molar-refractivity contribution in [2.45, 2.75) is 18.4 Å². The van der Waals surface area contributed by atoms with Crippen molar-refractivity contribution in [2.24, 2.45) is 0 Å². The topological polar surface area (TPSA) is 62.4 Å². The largest absolute Gasteiger partial charge is 0.368 e. The average Bonchev–Trinajstić information content (AvgIpc) is 2.63. The molecule has 6 heteroatoms. The Bertz CT molecular complexity index is 688. The molecule has 2 aromatic rings. The number of piperidine rings is 1. The van der Waals surface area contributed by atoms with E-state index in [-0.39, 0.29) is 18.3 Å². The van der Waals surface area contributed by atoms with Crippen LogP contribution in [0.15, 0.2) is 54.6 Å². The molecule has 0 atom stereocenters. The van der Waals surface area contributed by atoms with Gasteiger partial charge in [0.05, 0.1) is 0 Å². The molecule has 3 N–H and O–H groups in total. The second-order valence-corrected chi connectivity index (χ2v) is 5.97. The van der Waals surface area contributed by atoms with Crippen LogP contribution in [0.2, 0.25) is 0 Å². The van der Waals surface area contributed by atoms with Gasteiger partial charge in [-0.2, -0.15) is 0 Å². The maximum atomic E-state index is 12.7. The summed E-state index contributed by atoms with van der Waals surface area (Å²) in [5.41, 5.74) is 1.95. The first-order chi connectivity index (χ1) is 11.7. The summed E-state index contributed by atoms with van der Waals surface area (Å²) >= 11 is 0. The summed E-state index contributed by atoms with van der Waals surface area (Å²) < 4.78 is 5.57. The van der Waals surface area contributed by atoms with E-state index in [0.717, 1.165) is 30.2 Å². The van der Waals surface area contributed by atoms with Crippen LogP contribution in [-0.2, 0) is 9.53 Å². The fourth-order valence-corrected chi connectivity index (χ4v) is 2.96. The van der Waals surface area contributed by atoms with Crippen molar-refractivity contribution in [1.29, 1.82) is 0 Å². The first-order valence-corrected chi connectivity index (χ1v) is 8.21. The summed E-state index contributed by atoms with van der Waals surface area (Å²) in [6, 6.07) is 17.6. The van der Waals surface area contributed by atoms with Gasteiger partial charge in [0, 0.05) is 24.2 Å². The standard InChI is InChI=1S/C19H23N3O2.ClH/c1-24-19(10-12-20-13-11-19)18(23)22-17-9-5-8-16(14-17)21-15-6-3-2-4-7-15;/h2-9,14,20-21H,10-13H2,1H3,(H,22,23);1H. The number of ether oxygens (including phenoxy) is 1. The lowest BCUT2D eigenvalue weighted by atomic mass is 9.91. The number of benzene rings is 2. The van der Waals surface area contributed by atoms with E-state index < -0.39 is 5.60 Å². The molecular weight excluding hydrogens is 338 g/mol. The van der Waals surface area contributed by atoms with Crippen molar-refractivity contribution in [3.63, 3.8) is 0 Å². The average molecular weight is 362 g/mol. The van der Waals surface area contributed by atoms with Gasteiger partial charge in [-0.15, -0.1) is 12.4 Å². The number of rotatable bonds is 5. The summed E-state index contributed by atoms with van der Waals surface area (Å²) in [4.78, 5) is 12.7. The Hall–Kier alpha value is -2.08. The predicted octanol–water partition coefficient (Wildman–Crippen LogP) is 3.56. The summed E-state index contributed by atoms with van der Waals surface area (Å²) in [5.74, 6) is -0.0802. The molecule has 1 amide bonds. The van der Waals surface area contributed by atoms with Crippen LogP contribution in [0, 0.1) is 0 Å². The zero-order valence-corrected chi connectivity index (χ0v) is 15.1. The lowest BCUT2D eigenvalue weighted by molar-refractivity contribution is -0.140. The van der Waals surface area contributed by atoms with Crippen LogP contribution in [0.25, 0.3) is 0 Å². The number of hydrogen-bond donors (Lipinski definition) is 3. The Balaban J connectivity index is 0.00000225. The van der Waals surface area contributed by atoms with Crippen LogP contribution in [0.4, 0.5) is 17.1 Å². The first kappa shape index (κ1) is 19.2. The maximum Gasteiger partial charge on any atom is 0.256 e. The predicted molar refractivity (Wildman–Crippen MR) is 104 cm³/mol. The van der Waals surface area contributed by atoms with E-state index in [4.69, 9.17) is 4.74 Å². The molecule has 3 rings (SSSR count). The number of methoxy groups -OCH3 is 1. The van der Waals surface area contributed by atoms with Crippen molar-refractivity contribution in [1.82, 2.24) is 5.32 Å². The van der Waals surface area contributed by atoms with E-state index in [1.54, 1.807) is 7.11 Å². The third kappa shape index (κ3) is 4.72. The van der Waals surface area contributed by atoms with Gasteiger partial charge in [0.1, 0.15) is 5.60 Å². The van der Waals surface area contributed by atoms with Crippen molar-refractivity contribution in [3.05, 3.63) is 54.6 Å². The molecule has 1 fully saturated rings. The molecule has 5 nitrogen and oxygen atoms in total. The lowest BCUT2D eigenvalue weighted by Crippen LogP contribution is -2.51. The number of anilines is 3. The van der Waals surface area contributed by atoms with E-state index in [1.807, 2.05) is 54.6 Å². The molecule has 1 heterocycles. The molecule has 0 aromatic heterocycles. The van der Waals surface area contributed by atoms with Crippen molar-refractivity contribution >= 4 is 35.4 Å². The Labute approximate surface area is 154 Å². The molecule has 2 aromatic carbocycles. The monoisotopic (exact) mass is 361 g/mol. The van der Waals surface area contributed by atoms with Crippen molar-refractivity contribution < 1.29 is 9.53 Å². The number of para-hydroxylation sites is 1. The van der Waals surface area contributed by atoms with E-state index in [1.165, 1.54) is 0 Å². The van der Waals surface area contributed by atoms with Gasteiger partial charge in [0.25, 0.3) is 5.91 Å². The van der Waals surface area contributed by atoms with Gasteiger partial charge >= 0.3 is 0 Å². The van der Waals surface area contributed by atoms with Crippen LogP contribution >= 0.6 is 12.4 Å². The number of halogens is 1. The summed E-state index contributed by atoms with van der Waals surface area (Å²) in [7, 11) is 1.61. The minimum absolute atomic E-state index is 0. The van der Waals surface area contributed by atoms with Gasteiger partial charge < -0.3 is 20.7 Å². The SMILES string of the molecule is COC1(C(=O)Nc2cccc(Nc3ccccc3)c2)CCNCC1.Cl. The molecule has 0 bridgehead atoms. The molecule has 1 aliphatic rings. The normalized spacial score (nSPS) is 15.7. The van der Waals surface area contributed by atoms with Gasteiger partial charge in [-0.05, 0) is 56.3 Å². The zero-order valence-electron chi connectivity index (χ0n) is 14.2. The highest BCUT2D eigenvalue weighted by molar-refractivity contribution is 5.97. The second-order valence-electron chi connectivity index (χ2n) is 5.97. The highest BCUT2D eigenvalue weighted by Crippen LogP contribution is 2.26. The van der Waals surface area contributed by atoms with Gasteiger partial charge in [0.15, 0.2) is 0 Å². The first-order valence-electron chi connectivity index (χ1n) is 8.21. The van der Waals surface area contributed by atoms with Crippen LogP contribution < -0.4 is 16.0 Å². The summed E-state index contributed by atoms with van der Waals surface area (Å²) in [5, 5.41) is 9.58. The number of carbonyl (C=O) groups excluding carboxylic acids is 1. The quantitative estimate of drug-likeness (QED) is 0.762. The van der Waals surface area contributed by atoms with Gasteiger partial charge in [-0.25, -0.2) is 0 Å². The van der Waals surface area contributed by atoms with Gasteiger partial charge in [-0.1, -0.05) is 24.3 Å². The minimum atomic E-state index is -0.742. The summed E-state index contributed by atoms with van der Waals surface area (Å²) in [6.07, 6.45) is 1.36. The van der Waals surface area contributed by atoms with Crippen LogP contribution in [0.5, 0.6) is 0 Å². The molecule has 1 aliphatic heterocycles. The highest BCUT2D eigenvalue weighted by atomic mass is 35.5. The van der Waals surface area contributed by atoms with Gasteiger partial charge in [0.2, 0.25) is 0 Å². The van der Waals surface area contributed by atoms with E-state index >= 15 is 0 Å². The number of nitrogens with one attached hydrogen (secondary N) is 3. The molecule has 0 saturated carbocycles. The molecule has 134 valence electrons. The fourth-order valence-electron chi connectivity index (χ4n) is 2.96. The molecular formula is C19H24ClN3O2. The van der Waals surface area contributed by atoms with E-state index in [0.29, 0.717) is 12.8 Å². The van der Waals surface area contributed by atoms with Crippen molar-refractivity contribution in [3.8, 4) is 0 Å². The zero-order chi connectivity index (χ0) is 16.8. The Morgan fingerprint density at radius 3 is 2.32 bits per heavy atom. The molecule has 0 spiro atoms. The maximum absolute atomic E-state index is 12.7. The van der Waals surface area contributed by atoms with Crippen LogP contribution in [-0.4, -0.2) is 31.7 Å². The van der Waals surface area contributed by atoms with Crippen molar-refractivity contribution in [2.75, 3.05) is 30.8 Å². The molecule has 25 heavy (non-hydrogen) atoms. The number of hydrogen-bond acceptors (Lipinski definition) is 4. The van der Waals surface area contributed by atoms with Gasteiger partial charge in [-0.3, -0.25) is 4.79 Å². The molecule has 0 unspecified atom stereocenters. The smallest absolute Gasteiger partial charge is 0.256 e. The summed E-state index contributed by atoms with van der Waals surface area (Å²) in [6.45, 7) is 1.58. The second kappa shape index (κ2) is 8.85.